The molecular weight excluding hydrogens is 140 g/mol. The van der Waals surface area contributed by atoms with Crippen molar-refractivity contribution in [3.05, 3.63) is 0 Å². The number of hydrogen-bond acceptors (Lipinski definition) is 2. The highest BCUT2D eigenvalue weighted by Gasteiger charge is 1.91. The van der Waals surface area contributed by atoms with Crippen LogP contribution < -0.4 is 0 Å². The smallest absolute Gasteiger partial charge is 0.337 e. The van der Waals surface area contributed by atoms with Crippen LogP contribution in [0.1, 0.15) is 13.8 Å². The molecule has 0 fully saturated rings. The minimum atomic E-state index is -0.703. The van der Waals surface area contributed by atoms with E-state index in [0.717, 1.165) is 0 Å². The standard InChI is InChI=1S/C6H7ClO2/c1-5(2)3-4-6(8)9-7/h5H,1-2H3. The van der Waals surface area contributed by atoms with Gasteiger partial charge in [0.25, 0.3) is 0 Å². The van der Waals surface area contributed by atoms with Crippen LogP contribution in [0, 0.1) is 17.8 Å². The number of hydrogen-bond donors (Lipinski definition) is 0. The van der Waals surface area contributed by atoms with E-state index in [0.29, 0.717) is 0 Å². The van der Waals surface area contributed by atoms with Gasteiger partial charge >= 0.3 is 5.97 Å². The third-order valence-corrected chi connectivity index (χ3v) is 0.673. The summed E-state index contributed by atoms with van der Waals surface area (Å²) in [5, 5.41) is 0. The maximum absolute atomic E-state index is 10.2. The molecule has 0 spiro atoms. The summed E-state index contributed by atoms with van der Waals surface area (Å²) >= 11 is 4.68. The van der Waals surface area contributed by atoms with Crippen molar-refractivity contribution < 1.29 is 9.08 Å². The highest BCUT2D eigenvalue weighted by Crippen LogP contribution is 1.86. The van der Waals surface area contributed by atoms with Gasteiger partial charge in [-0.2, -0.15) is 0 Å². The lowest BCUT2D eigenvalue weighted by Crippen LogP contribution is -1.91. The Kier molecular flexibility index (Phi) is 3.90. The van der Waals surface area contributed by atoms with Gasteiger partial charge in [-0.3, -0.25) is 0 Å². The quantitative estimate of drug-likeness (QED) is 0.482. The molecule has 0 saturated heterocycles. The molecule has 0 saturated carbocycles. The molecule has 0 aliphatic heterocycles. The topological polar surface area (TPSA) is 26.3 Å². The Morgan fingerprint density at radius 3 is 2.56 bits per heavy atom. The number of carbonyl (C=O) groups is 1. The van der Waals surface area contributed by atoms with Crippen molar-refractivity contribution in [1.29, 1.82) is 0 Å². The molecule has 2 nitrogen and oxygen atoms in total. The van der Waals surface area contributed by atoms with Crippen LogP contribution in [0.15, 0.2) is 0 Å². The van der Waals surface area contributed by atoms with Gasteiger partial charge in [0.05, 0.1) is 0 Å². The van der Waals surface area contributed by atoms with Gasteiger partial charge in [-0.05, 0) is 0 Å². The number of halogens is 1. The molecule has 0 aromatic carbocycles. The van der Waals surface area contributed by atoms with Gasteiger partial charge < -0.3 is 4.29 Å². The molecule has 3 heteroatoms. The molecule has 50 valence electrons. The fourth-order valence-corrected chi connectivity index (χ4v) is 0.261. The second-order valence-electron chi connectivity index (χ2n) is 1.79. The van der Waals surface area contributed by atoms with Gasteiger partial charge in [-0.25, -0.2) is 4.79 Å². The van der Waals surface area contributed by atoms with Crippen molar-refractivity contribution in [3.63, 3.8) is 0 Å². The molecule has 0 amide bonds. The SMILES string of the molecule is CC(C)C#CC(=O)OCl. The Morgan fingerprint density at radius 1 is 1.67 bits per heavy atom. The molecule has 0 unspecified atom stereocenters. The number of rotatable bonds is 0. The van der Waals surface area contributed by atoms with Crippen molar-refractivity contribution in [2.24, 2.45) is 5.92 Å². The zero-order valence-corrected chi connectivity index (χ0v) is 6.03. The van der Waals surface area contributed by atoms with E-state index in [1.165, 1.54) is 0 Å². The number of carbonyl (C=O) groups excluding carboxylic acids is 1. The first-order valence-corrected chi connectivity index (χ1v) is 2.81. The van der Waals surface area contributed by atoms with Gasteiger partial charge in [0.1, 0.15) is 11.9 Å². The third-order valence-electron chi connectivity index (χ3n) is 0.533. The van der Waals surface area contributed by atoms with E-state index < -0.39 is 5.97 Å². The van der Waals surface area contributed by atoms with Crippen LogP contribution in [0.5, 0.6) is 0 Å². The zero-order chi connectivity index (χ0) is 7.28. The summed E-state index contributed by atoms with van der Waals surface area (Å²) < 4.78 is 3.76. The fourth-order valence-electron chi connectivity index (χ4n) is 0.223. The second kappa shape index (κ2) is 4.22. The molecule has 0 aromatic heterocycles. The van der Waals surface area contributed by atoms with E-state index in [4.69, 9.17) is 0 Å². The molecule has 0 bridgehead atoms. The molecular formula is C6H7ClO2. The minimum Gasteiger partial charge on any atom is -0.337 e. The van der Waals surface area contributed by atoms with E-state index in [2.05, 4.69) is 28.0 Å². The zero-order valence-electron chi connectivity index (χ0n) is 5.27. The van der Waals surface area contributed by atoms with Crippen molar-refractivity contribution in [1.82, 2.24) is 0 Å². The summed E-state index contributed by atoms with van der Waals surface area (Å²) in [6, 6.07) is 0. The summed E-state index contributed by atoms with van der Waals surface area (Å²) in [6.07, 6.45) is 0. The Balaban J connectivity index is 3.73. The first-order valence-electron chi connectivity index (χ1n) is 2.51. The lowest BCUT2D eigenvalue weighted by molar-refractivity contribution is -0.127. The lowest BCUT2D eigenvalue weighted by atomic mass is 10.2. The summed E-state index contributed by atoms with van der Waals surface area (Å²) in [4.78, 5) is 10.2. The minimum absolute atomic E-state index is 0.167. The van der Waals surface area contributed by atoms with Crippen molar-refractivity contribution in [2.75, 3.05) is 0 Å². The normalized spacial score (nSPS) is 8.00. The van der Waals surface area contributed by atoms with Crippen LogP contribution in [0.25, 0.3) is 0 Å². The Bertz CT molecular complexity index is 152. The average Bonchev–Trinajstić information content (AvgIpc) is 1.83. The van der Waals surface area contributed by atoms with Crippen molar-refractivity contribution in [2.45, 2.75) is 13.8 Å². The Morgan fingerprint density at radius 2 is 2.22 bits per heavy atom. The summed E-state index contributed by atoms with van der Waals surface area (Å²) in [5.74, 6) is 4.24. The molecule has 0 atom stereocenters. The van der Waals surface area contributed by atoms with Crippen molar-refractivity contribution >= 4 is 17.8 Å². The molecule has 0 aliphatic rings. The van der Waals surface area contributed by atoms with Crippen LogP contribution >= 0.6 is 11.9 Å². The predicted octanol–water partition coefficient (Wildman–Crippen LogP) is 1.34. The maximum atomic E-state index is 10.2. The maximum Gasteiger partial charge on any atom is 0.402 e. The van der Waals surface area contributed by atoms with Gasteiger partial charge in [0.15, 0.2) is 0 Å². The highest BCUT2D eigenvalue weighted by molar-refractivity contribution is 6.15. The van der Waals surface area contributed by atoms with Gasteiger partial charge in [-0.15, -0.1) is 0 Å². The average molecular weight is 147 g/mol. The van der Waals surface area contributed by atoms with Crippen LogP contribution in [-0.4, -0.2) is 5.97 Å². The molecule has 0 rings (SSSR count). The van der Waals surface area contributed by atoms with E-state index >= 15 is 0 Å². The first-order chi connectivity index (χ1) is 4.16. The van der Waals surface area contributed by atoms with E-state index in [1.807, 2.05) is 13.8 Å². The molecule has 0 aromatic rings. The molecule has 0 radical (unpaired) electrons. The van der Waals surface area contributed by atoms with Crippen LogP contribution in [0.3, 0.4) is 0 Å². The second-order valence-corrected chi connectivity index (χ2v) is 1.94. The molecule has 0 N–H and O–H groups in total. The van der Waals surface area contributed by atoms with Crippen LogP contribution in [-0.2, 0) is 9.08 Å². The Labute approximate surface area is 59.3 Å². The lowest BCUT2D eigenvalue weighted by Gasteiger charge is -1.84. The van der Waals surface area contributed by atoms with Gasteiger partial charge in [0, 0.05) is 11.8 Å². The van der Waals surface area contributed by atoms with Gasteiger partial charge in [-0.1, -0.05) is 19.8 Å². The van der Waals surface area contributed by atoms with Crippen molar-refractivity contribution in [3.8, 4) is 11.8 Å². The highest BCUT2D eigenvalue weighted by atomic mass is 35.5. The summed E-state index contributed by atoms with van der Waals surface area (Å²) in [6.45, 7) is 3.74. The van der Waals surface area contributed by atoms with Crippen LogP contribution in [0.2, 0.25) is 0 Å². The molecule has 0 aliphatic carbocycles. The summed E-state index contributed by atoms with van der Waals surface area (Å²) in [5.41, 5.74) is 0. The predicted molar refractivity (Wildman–Crippen MR) is 34.6 cm³/mol. The van der Waals surface area contributed by atoms with E-state index in [1.54, 1.807) is 0 Å². The van der Waals surface area contributed by atoms with E-state index in [-0.39, 0.29) is 5.92 Å². The first kappa shape index (κ1) is 8.32. The monoisotopic (exact) mass is 146 g/mol. The largest absolute Gasteiger partial charge is 0.402 e. The molecule has 9 heavy (non-hydrogen) atoms. The van der Waals surface area contributed by atoms with Crippen LogP contribution in [0.4, 0.5) is 0 Å². The fraction of sp³-hybridized carbons (Fsp3) is 0.500. The summed E-state index contributed by atoms with van der Waals surface area (Å²) in [7, 11) is 0. The molecule has 0 heterocycles. The van der Waals surface area contributed by atoms with E-state index in [9.17, 15) is 4.79 Å². The van der Waals surface area contributed by atoms with Gasteiger partial charge in [0.2, 0.25) is 0 Å². The Hall–Kier alpha value is -0.680. The third kappa shape index (κ3) is 5.19.